The Morgan fingerprint density at radius 1 is 1.30 bits per heavy atom. The molecule has 20 heavy (non-hydrogen) atoms. The number of carboxylic acid groups (broad SMARTS) is 1. The lowest BCUT2D eigenvalue weighted by atomic mass is 10.3. The Morgan fingerprint density at radius 2 is 2.15 bits per heavy atom. The van der Waals surface area contributed by atoms with Gasteiger partial charge in [-0.3, -0.25) is 4.98 Å². The number of nitrogens with one attached hydrogen (secondary N) is 1. The Morgan fingerprint density at radius 3 is 2.90 bits per heavy atom. The van der Waals surface area contributed by atoms with Crippen LogP contribution in [0.1, 0.15) is 10.5 Å². The van der Waals surface area contributed by atoms with Crippen LogP contribution in [0.25, 0.3) is 11.0 Å². The van der Waals surface area contributed by atoms with E-state index in [1.54, 1.807) is 30.5 Å². The summed E-state index contributed by atoms with van der Waals surface area (Å²) in [5.41, 5.74) is 7.88. The molecule has 0 bridgehead atoms. The SMILES string of the molecule is Nc1cccc(Sc2c(C(=O)O)[nH]c3cccnc23)c1. The minimum Gasteiger partial charge on any atom is -0.477 e. The molecule has 0 saturated heterocycles. The van der Waals surface area contributed by atoms with Crippen LogP contribution in [-0.2, 0) is 0 Å². The van der Waals surface area contributed by atoms with E-state index in [0.717, 1.165) is 4.90 Å². The van der Waals surface area contributed by atoms with E-state index >= 15 is 0 Å². The Hall–Kier alpha value is -2.47. The lowest BCUT2D eigenvalue weighted by Crippen LogP contribution is -1.98. The quantitative estimate of drug-likeness (QED) is 0.643. The van der Waals surface area contributed by atoms with Gasteiger partial charge in [0.2, 0.25) is 0 Å². The number of aromatic nitrogens is 2. The number of hydrogen-bond donors (Lipinski definition) is 3. The van der Waals surface area contributed by atoms with Crippen LogP contribution in [0, 0.1) is 0 Å². The first-order valence-corrected chi connectivity index (χ1v) is 6.70. The first-order chi connectivity index (χ1) is 9.65. The Bertz CT molecular complexity index is 798. The van der Waals surface area contributed by atoms with Gasteiger partial charge in [-0.2, -0.15) is 0 Å². The van der Waals surface area contributed by atoms with Gasteiger partial charge in [0.1, 0.15) is 11.2 Å². The number of nitrogen functional groups attached to an aromatic ring is 1. The summed E-state index contributed by atoms with van der Waals surface area (Å²) < 4.78 is 0. The summed E-state index contributed by atoms with van der Waals surface area (Å²) in [5, 5.41) is 9.30. The molecule has 4 N–H and O–H groups in total. The summed E-state index contributed by atoms with van der Waals surface area (Å²) in [7, 11) is 0. The molecule has 100 valence electrons. The van der Waals surface area contributed by atoms with Gasteiger partial charge in [0.05, 0.1) is 10.4 Å². The first kappa shape index (κ1) is 12.6. The van der Waals surface area contributed by atoms with Crippen LogP contribution in [0.5, 0.6) is 0 Å². The Kier molecular flexibility index (Phi) is 3.08. The second kappa shape index (κ2) is 4.90. The summed E-state index contributed by atoms with van der Waals surface area (Å²) in [4.78, 5) is 20.0. The van der Waals surface area contributed by atoms with Crippen molar-refractivity contribution in [1.82, 2.24) is 9.97 Å². The predicted molar refractivity (Wildman–Crippen MR) is 78.0 cm³/mol. The van der Waals surface area contributed by atoms with Gasteiger partial charge in [0.15, 0.2) is 0 Å². The van der Waals surface area contributed by atoms with Gasteiger partial charge in [0, 0.05) is 16.8 Å². The van der Waals surface area contributed by atoms with Crippen molar-refractivity contribution in [2.24, 2.45) is 0 Å². The summed E-state index contributed by atoms with van der Waals surface area (Å²) in [6, 6.07) is 10.9. The van der Waals surface area contributed by atoms with Crippen LogP contribution < -0.4 is 5.73 Å². The molecule has 0 atom stereocenters. The molecule has 0 unspecified atom stereocenters. The average molecular weight is 285 g/mol. The van der Waals surface area contributed by atoms with Crippen molar-refractivity contribution < 1.29 is 9.90 Å². The lowest BCUT2D eigenvalue weighted by molar-refractivity contribution is 0.0688. The van der Waals surface area contributed by atoms with Gasteiger partial charge >= 0.3 is 5.97 Å². The zero-order valence-electron chi connectivity index (χ0n) is 10.3. The maximum atomic E-state index is 11.4. The van der Waals surface area contributed by atoms with Crippen molar-refractivity contribution in [3.8, 4) is 0 Å². The molecule has 2 aromatic heterocycles. The number of fused-ring (bicyclic) bond motifs is 1. The second-order valence-corrected chi connectivity index (χ2v) is 5.29. The van der Waals surface area contributed by atoms with E-state index in [9.17, 15) is 9.90 Å². The fraction of sp³-hybridized carbons (Fsp3) is 0. The molecule has 6 heteroatoms. The molecule has 0 amide bonds. The lowest BCUT2D eigenvalue weighted by Gasteiger charge is -2.02. The number of benzene rings is 1. The van der Waals surface area contributed by atoms with Crippen LogP contribution in [0.15, 0.2) is 52.4 Å². The number of carboxylic acids is 1. The molecule has 2 heterocycles. The summed E-state index contributed by atoms with van der Waals surface area (Å²) in [6.07, 6.45) is 1.64. The summed E-state index contributed by atoms with van der Waals surface area (Å²) in [5.74, 6) is -1.01. The molecule has 0 fully saturated rings. The maximum absolute atomic E-state index is 11.4. The fourth-order valence-electron chi connectivity index (χ4n) is 1.94. The highest BCUT2D eigenvalue weighted by Crippen LogP contribution is 2.36. The summed E-state index contributed by atoms with van der Waals surface area (Å²) in [6.45, 7) is 0. The monoisotopic (exact) mass is 285 g/mol. The van der Waals surface area contributed by atoms with Crippen LogP contribution in [0.2, 0.25) is 0 Å². The zero-order valence-corrected chi connectivity index (χ0v) is 11.1. The second-order valence-electron chi connectivity index (χ2n) is 4.21. The molecule has 0 spiro atoms. The fourth-order valence-corrected chi connectivity index (χ4v) is 3.02. The molecule has 0 aliphatic rings. The number of carbonyl (C=O) groups is 1. The molecule has 0 saturated carbocycles. The third-order valence-corrected chi connectivity index (χ3v) is 3.89. The topological polar surface area (TPSA) is 92.0 Å². The highest BCUT2D eigenvalue weighted by molar-refractivity contribution is 7.99. The summed E-state index contributed by atoms with van der Waals surface area (Å²) >= 11 is 1.34. The molecule has 0 aliphatic carbocycles. The smallest absolute Gasteiger partial charge is 0.353 e. The Balaban J connectivity index is 2.14. The number of H-pyrrole nitrogens is 1. The molecule has 0 radical (unpaired) electrons. The molecular formula is C14H11N3O2S. The number of anilines is 1. The Labute approximate surface area is 118 Å². The van der Waals surface area contributed by atoms with Gasteiger partial charge in [-0.25, -0.2) is 4.79 Å². The highest BCUT2D eigenvalue weighted by Gasteiger charge is 2.18. The normalized spacial score (nSPS) is 10.8. The molecular weight excluding hydrogens is 274 g/mol. The van der Waals surface area contributed by atoms with Crippen LogP contribution in [0.4, 0.5) is 5.69 Å². The van der Waals surface area contributed by atoms with Crippen molar-refractivity contribution >= 4 is 34.5 Å². The van der Waals surface area contributed by atoms with Gasteiger partial charge in [0.25, 0.3) is 0 Å². The molecule has 3 rings (SSSR count). The van der Waals surface area contributed by atoms with Gasteiger partial charge in [-0.05, 0) is 30.3 Å². The first-order valence-electron chi connectivity index (χ1n) is 5.88. The average Bonchev–Trinajstić information content (AvgIpc) is 2.78. The zero-order chi connectivity index (χ0) is 14.1. The standard InChI is InChI=1S/C14H11N3O2S/c15-8-3-1-4-9(7-8)20-13-11-10(5-2-6-16-11)17-12(13)14(18)19/h1-7,17H,15H2,(H,18,19). The minimum absolute atomic E-state index is 0.145. The molecule has 5 nitrogen and oxygen atoms in total. The van der Waals surface area contributed by atoms with E-state index in [4.69, 9.17) is 5.73 Å². The van der Waals surface area contributed by atoms with E-state index < -0.39 is 5.97 Å². The number of rotatable bonds is 3. The van der Waals surface area contributed by atoms with Crippen molar-refractivity contribution in [2.45, 2.75) is 9.79 Å². The van der Waals surface area contributed by atoms with Crippen molar-refractivity contribution in [1.29, 1.82) is 0 Å². The van der Waals surface area contributed by atoms with Crippen LogP contribution in [-0.4, -0.2) is 21.0 Å². The predicted octanol–water partition coefficient (Wildman–Crippen LogP) is 2.99. The number of pyridine rings is 1. The number of nitrogens with zero attached hydrogens (tertiary/aromatic N) is 1. The van der Waals surface area contributed by atoms with Crippen molar-refractivity contribution in [2.75, 3.05) is 5.73 Å². The van der Waals surface area contributed by atoms with Gasteiger partial charge in [-0.1, -0.05) is 17.8 Å². The van der Waals surface area contributed by atoms with Crippen LogP contribution in [0.3, 0.4) is 0 Å². The van der Waals surface area contributed by atoms with E-state index in [0.29, 0.717) is 21.6 Å². The van der Waals surface area contributed by atoms with Crippen LogP contribution >= 0.6 is 11.8 Å². The largest absolute Gasteiger partial charge is 0.477 e. The maximum Gasteiger partial charge on any atom is 0.353 e. The third-order valence-electron chi connectivity index (χ3n) is 2.80. The van der Waals surface area contributed by atoms with E-state index in [1.807, 2.05) is 12.1 Å². The highest BCUT2D eigenvalue weighted by atomic mass is 32.2. The molecule has 1 aromatic carbocycles. The number of hydrogen-bond acceptors (Lipinski definition) is 4. The van der Waals surface area contributed by atoms with E-state index in [1.165, 1.54) is 11.8 Å². The van der Waals surface area contributed by atoms with Gasteiger partial charge < -0.3 is 15.8 Å². The van der Waals surface area contributed by atoms with E-state index in [2.05, 4.69) is 9.97 Å². The number of aromatic amines is 1. The number of nitrogens with two attached hydrogens (primary N) is 1. The van der Waals surface area contributed by atoms with E-state index in [-0.39, 0.29) is 5.69 Å². The molecule has 0 aliphatic heterocycles. The molecule has 3 aromatic rings. The number of aromatic carboxylic acids is 1. The van der Waals surface area contributed by atoms with Gasteiger partial charge in [-0.15, -0.1) is 0 Å². The van der Waals surface area contributed by atoms with Crippen molar-refractivity contribution in [3.63, 3.8) is 0 Å². The van der Waals surface area contributed by atoms with Crippen molar-refractivity contribution in [3.05, 3.63) is 48.3 Å². The minimum atomic E-state index is -1.01. The third kappa shape index (κ3) is 2.21.